The molecule has 82 valence electrons. The van der Waals surface area contributed by atoms with E-state index in [1.54, 1.807) is 24.3 Å². The highest BCUT2D eigenvalue weighted by Gasteiger charge is 2.07. The molecule has 0 bridgehead atoms. The van der Waals surface area contributed by atoms with Gasteiger partial charge in [0.25, 0.3) is 0 Å². The molecule has 16 heavy (non-hydrogen) atoms. The lowest BCUT2D eigenvalue weighted by Gasteiger charge is -2.07. The maximum Gasteiger partial charge on any atom is 0.422 e. The summed E-state index contributed by atoms with van der Waals surface area (Å²) in [4.78, 5) is 23.0. The second kappa shape index (κ2) is 3.81. The maximum atomic E-state index is 11.5. The van der Waals surface area contributed by atoms with Gasteiger partial charge in [0.2, 0.25) is 0 Å². The number of rotatable bonds is 2. The Bertz CT molecular complexity index is 664. The van der Waals surface area contributed by atoms with Crippen molar-refractivity contribution in [3.05, 3.63) is 57.4 Å². The van der Waals surface area contributed by atoms with E-state index in [0.717, 1.165) is 5.57 Å². The lowest BCUT2D eigenvalue weighted by Crippen LogP contribution is -2.25. The average molecular weight is 217 g/mol. The quantitative estimate of drug-likeness (QED) is 0.717. The molecule has 0 saturated carbocycles. The van der Waals surface area contributed by atoms with Crippen molar-refractivity contribution in [3.63, 3.8) is 0 Å². The molecule has 0 radical (unpaired) electrons. The largest absolute Gasteiger partial charge is 0.422 e. The van der Waals surface area contributed by atoms with Crippen LogP contribution in [0, 0.1) is 0 Å². The van der Waals surface area contributed by atoms with Gasteiger partial charge in [-0.25, -0.2) is 9.59 Å². The summed E-state index contributed by atoms with van der Waals surface area (Å²) in [6.45, 7) is 5.90. The summed E-state index contributed by atoms with van der Waals surface area (Å²) in [5, 5.41) is 0.406. The van der Waals surface area contributed by atoms with Crippen LogP contribution in [0.5, 0.6) is 0 Å². The Labute approximate surface area is 91.4 Å². The molecule has 4 nitrogen and oxygen atoms in total. The molecule has 0 fully saturated rings. The molecule has 2 aromatic rings. The minimum Gasteiger partial charge on any atom is -0.372 e. The van der Waals surface area contributed by atoms with E-state index in [1.807, 2.05) is 6.92 Å². The Balaban J connectivity index is 2.87. The molecule has 0 N–H and O–H groups in total. The summed E-state index contributed by atoms with van der Waals surface area (Å²) in [7, 11) is 0. The third kappa shape index (κ3) is 1.69. The van der Waals surface area contributed by atoms with Gasteiger partial charge in [-0.15, -0.1) is 0 Å². The van der Waals surface area contributed by atoms with Gasteiger partial charge in [-0.3, -0.25) is 4.57 Å². The number of allylic oxidation sites excluding steroid dienone is 1. The van der Waals surface area contributed by atoms with E-state index >= 15 is 0 Å². The molecule has 0 aliphatic heterocycles. The molecule has 1 aromatic carbocycles. The predicted octanol–water partition coefficient (Wildman–Crippen LogP) is 1.53. The summed E-state index contributed by atoms with van der Waals surface area (Å²) >= 11 is 0. The second-order valence-corrected chi connectivity index (χ2v) is 3.72. The van der Waals surface area contributed by atoms with E-state index < -0.39 is 11.4 Å². The van der Waals surface area contributed by atoms with Gasteiger partial charge in [0.05, 0.1) is 10.9 Å². The molecule has 4 heteroatoms. The fraction of sp³-hybridized carbons (Fsp3) is 0.167. The molecule has 2 rings (SSSR count). The highest BCUT2D eigenvalue weighted by atomic mass is 16.4. The van der Waals surface area contributed by atoms with Gasteiger partial charge in [-0.1, -0.05) is 24.3 Å². The van der Waals surface area contributed by atoms with Crippen LogP contribution < -0.4 is 11.4 Å². The second-order valence-electron chi connectivity index (χ2n) is 3.72. The van der Waals surface area contributed by atoms with Crippen molar-refractivity contribution in [1.82, 2.24) is 4.57 Å². The van der Waals surface area contributed by atoms with Crippen molar-refractivity contribution in [2.45, 2.75) is 13.5 Å². The SMILES string of the molecule is C=C(C)Cn1c(=O)oc(=O)c2ccccc21. The number of fused-ring (bicyclic) bond motifs is 1. The summed E-state index contributed by atoms with van der Waals surface area (Å²) < 4.78 is 6.04. The van der Waals surface area contributed by atoms with Crippen LogP contribution in [0.4, 0.5) is 0 Å². The van der Waals surface area contributed by atoms with E-state index in [9.17, 15) is 9.59 Å². The number of hydrogen-bond acceptors (Lipinski definition) is 3. The van der Waals surface area contributed by atoms with Gasteiger partial charge >= 0.3 is 11.4 Å². The minimum absolute atomic E-state index is 0.350. The third-order valence-corrected chi connectivity index (χ3v) is 2.24. The highest BCUT2D eigenvalue weighted by molar-refractivity contribution is 5.77. The Morgan fingerprint density at radius 3 is 2.75 bits per heavy atom. The first kappa shape index (κ1) is 10.4. The van der Waals surface area contributed by atoms with Crippen molar-refractivity contribution in [3.8, 4) is 0 Å². The maximum absolute atomic E-state index is 11.5. The van der Waals surface area contributed by atoms with Gasteiger partial charge in [0.15, 0.2) is 0 Å². The standard InChI is InChI=1S/C12H11NO3/c1-8(2)7-13-10-6-4-3-5-9(10)11(14)16-12(13)15/h3-6H,1,7H2,2H3. The molecule has 0 aliphatic rings. The van der Waals surface area contributed by atoms with Crippen molar-refractivity contribution in [2.75, 3.05) is 0 Å². The van der Waals surface area contributed by atoms with Gasteiger partial charge in [-0.05, 0) is 19.1 Å². The number of para-hydroxylation sites is 1. The first-order valence-electron chi connectivity index (χ1n) is 4.86. The van der Waals surface area contributed by atoms with Crippen LogP contribution in [0.1, 0.15) is 6.92 Å². The lowest BCUT2D eigenvalue weighted by atomic mass is 10.2. The van der Waals surface area contributed by atoms with Crippen molar-refractivity contribution >= 4 is 10.9 Å². The molecule has 1 heterocycles. The summed E-state index contributed by atoms with van der Waals surface area (Å²) in [6.07, 6.45) is 0. The minimum atomic E-state index is -0.647. The number of aromatic nitrogens is 1. The fourth-order valence-electron chi connectivity index (χ4n) is 1.59. The van der Waals surface area contributed by atoms with Crippen molar-refractivity contribution in [1.29, 1.82) is 0 Å². The van der Waals surface area contributed by atoms with Crippen molar-refractivity contribution in [2.24, 2.45) is 0 Å². The fourth-order valence-corrected chi connectivity index (χ4v) is 1.59. The summed E-state index contributed by atoms with van der Waals surface area (Å²) in [5.74, 6) is -0.647. The first-order valence-corrected chi connectivity index (χ1v) is 4.86. The lowest BCUT2D eigenvalue weighted by molar-refractivity contribution is 0.424. The van der Waals surface area contributed by atoms with Crippen LogP contribution >= 0.6 is 0 Å². The molecule has 0 spiro atoms. The predicted molar refractivity (Wildman–Crippen MR) is 61.6 cm³/mol. The zero-order chi connectivity index (χ0) is 11.7. The Hall–Kier alpha value is -2.10. The molecule has 0 aliphatic carbocycles. The van der Waals surface area contributed by atoms with E-state index in [-0.39, 0.29) is 0 Å². The normalized spacial score (nSPS) is 10.6. The van der Waals surface area contributed by atoms with Crippen molar-refractivity contribution < 1.29 is 4.42 Å². The van der Waals surface area contributed by atoms with Gasteiger partial charge < -0.3 is 4.42 Å². The van der Waals surface area contributed by atoms with Crippen LogP contribution in [0.15, 0.2) is 50.4 Å². The first-order chi connectivity index (χ1) is 7.59. The van der Waals surface area contributed by atoms with Gasteiger partial charge in [0.1, 0.15) is 0 Å². The van der Waals surface area contributed by atoms with Gasteiger partial charge in [0, 0.05) is 6.54 Å². The molecule has 0 amide bonds. The number of hydrogen-bond donors (Lipinski definition) is 0. The molecule has 0 atom stereocenters. The van der Waals surface area contributed by atoms with E-state index in [0.29, 0.717) is 17.4 Å². The molecule has 0 saturated heterocycles. The third-order valence-electron chi connectivity index (χ3n) is 2.24. The van der Waals surface area contributed by atoms with E-state index in [2.05, 4.69) is 11.0 Å². The van der Waals surface area contributed by atoms with Crippen LogP contribution in [-0.4, -0.2) is 4.57 Å². The van der Waals surface area contributed by atoms with E-state index in [4.69, 9.17) is 0 Å². The smallest absolute Gasteiger partial charge is 0.372 e. The van der Waals surface area contributed by atoms with Gasteiger partial charge in [-0.2, -0.15) is 0 Å². The topological polar surface area (TPSA) is 52.2 Å². The Kier molecular flexibility index (Phi) is 2.48. The zero-order valence-electron chi connectivity index (χ0n) is 8.90. The molecular formula is C12H11NO3. The molecular weight excluding hydrogens is 206 g/mol. The van der Waals surface area contributed by atoms with Crippen LogP contribution in [0.25, 0.3) is 10.9 Å². The van der Waals surface area contributed by atoms with Crippen LogP contribution in [-0.2, 0) is 6.54 Å². The van der Waals surface area contributed by atoms with Crippen LogP contribution in [0.2, 0.25) is 0 Å². The van der Waals surface area contributed by atoms with Crippen LogP contribution in [0.3, 0.4) is 0 Å². The molecule has 0 unspecified atom stereocenters. The summed E-state index contributed by atoms with van der Waals surface area (Å²) in [5.41, 5.74) is 0.798. The van der Waals surface area contributed by atoms with E-state index in [1.165, 1.54) is 4.57 Å². The summed E-state index contributed by atoms with van der Waals surface area (Å²) in [6, 6.07) is 6.86. The Morgan fingerprint density at radius 2 is 2.06 bits per heavy atom. The number of nitrogens with zero attached hydrogens (tertiary/aromatic N) is 1. The highest BCUT2D eigenvalue weighted by Crippen LogP contribution is 2.08. The number of benzene rings is 1. The zero-order valence-corrected chi connectivity index (χ0v) is 8.90. The Morgan fingerprint density at radius 1 is 1.38 bits per heavy atom. The average Bonchev–Trinajstić information content (AvgIpc) is 2.24. The monoisotopic (exact) mass is 217 g/mol. The molecule has 1 aromatic heterocycles.